The van der Waals surface area contributed by atoms with Gasteiger partial charge in [-0.15, -0.1) is 0 Å². The topological polar surface area (TPSA) is 46.2 Å². The fourth-order valence-electron chi connectivity index (χ4n) is 2.01. The van der Waals surface area contributed by atoms with E-state index in [0.29, 0.717) is 15.2 Å². The first-order chi connectivity index (χ1) is 7.99. The molecule has 0 heterocycles. The van der Waals surface area contributed by atoms with Crippen LogP contribution in [0.15, 0.2) is 22.7 Å². The molecule has 0 bridgehead atoms. The summed E-state index contributed by atoms with van der Waals surface area (Å²) in [6.45, 7) is 0. The molecule has 0 unspecified atom stereocenters. The first-order valence-electron chi connectivity index (χ1n) is 5.46. The van der Waals surface area contributed by atoms with Crippen molar-refractivity contribution in [1.82, 2.24) is 0 Å². The van der Waals surface area contributed by atoms with Crippen LogP contribution in [0.4, 0.5) is 5.69 Å². The lowest BCUT2D eigenvalue weighted by Gasteiger charge is -2.13. The predicted molar refractivity (Wildman–Crippen MR) is 74.0 cm³/mol. The van der Waals surface area contributed by atoms with E-state index < -0.39 is 10.0 Å². The van der Waals surface area contributed by atoms with E-state index in [1.807, 2.05) is 0 Å². The summed E-state index contributed by atoms with van der Waals surface area (Å²) in [6.07, 6.45) is 3.50. The van der Waals surface area contributed by atoms with Gasteiger partial charge in [-0.1, -0.05) is 24.4 Å². The molecule has 6 heteroatoms. The minimum absolute atomic E-state index is 0.253. The highest BCUT2D eigenvalue weighted by Gasteiger charge is 2.28. The third-order valence-electron chi connectivity index (χ3n) is 2.92. The summed E-state index contributed by atoms with van der Waals surface area (Å²) in [4.78, 5) is 0. The maximum absolute atomic E-state index is 12.0. The summed E-state index contributed by atoms with van der Waals surface area (Å²) in [5.74, 6) is 0. The summed E-state index contributed by atoms with van der Waals surface area (Å²) < 4.78 is 27.4. The lowest BCUT2D eigenvalue weighted by molar-refractivity contribution is 0.585. The van der Waals surface area contributed by atoms with Gasteiger partial charge in [0, 0.05) is 10.2 Å². The van der Waals surface area contributed by atoms with Crippen molar-refractivity contribution in [3.05, 3.63) is 27.7 Å². The molecule has 1 saturated carbocycles. The Bertz CT molecular complexity index is 512. The lowest BCUT2D eigenvalue weighted by atomic mass is 10.3. The minimum atomic E-state index is -3.26. The van der Waals surface area contributed by atoms with E-state index in [1.54, 1.807) is 18.2 Å². The Hall–Kier alpha value is -0.260. The van der Waals surface area contributed by atoms with Crippen molar-refractivity contribution in [2.75, 3.05) is 4.72 Å². The number of rotatable bonds is 3. The quantitative estimate of drug-likeness (QED) is 0.911. The molecule has 2 rings (SSSR count). The highest BCUT2D eigenvalue weighted by molar-refractivity contribution is 9.10. The van der Waals surface area contributed by atoms with Crippen molar-refractivity contribution in [1.29, 1.82) is 0 Å². The summed E-state index contributed by atoms with van der Waals surface area (Å²) >= 11 is 9.13. The summed E-state index contributed by atoms with van der Waals surface area (Å²) in [6, 6.07) is 5.01. The van der Waals surface area contributed by atoms with Gasteiger partial charge in [-0.2, -0.15) is 0 Å². The van der Waals surface area contributed by atoms with Crippen LogP contribution in [-0.4, -0.2) is 13.7 Å². The van der Waals surface area contributed by atoms with Crippen LogP contribution >= 0.6 is 27.5 Å². The minimum Gasteiger partial charge on any atom is -0.283 e. The van der Waals surface area contributed by atoms with E-state index >= 15 is 0 Å². The van der Waals surface area contributed by atoms with Crippen molar-refractivity contribution in [2.24, 2.45) is 0 Å². The zero-order chi connectivity index (χ0) is 12.5. The van der Waals surface area contributed by atoms with E-state index in [2.05, 4.69) is 20.7 Å². The maximum atomic E-state index is 12.0. The van der Waals surface area contributed by atoms with Gasteiger partial charge in [0.2, 0.25) is 10.0 Å². The van der Waals surface area contributed by atoms with Gasteiger partial charge in [-0.3, -0.25) is 4.72 Å². The molecule has 0 aromatic heterocycles. The molecule has 1 aromatic carbocycles. The van der Waals surface area contributed by atoms with Gasteiger partial charge < -0.3 is 0 Å². The van der Waals surface area contributed by atoms with Gasteiger partial charge in [0.15, 0.2) is 0 Å². The van der Waals surface area contributed by atoms with Crippen molar-refractivity contribution < 1.29 is 8.42 Å². The van der Waals surface area contributed by atoms with E-state index in [1.165, 1.54) is 0 Å². The van der Waals surface area contributed by atoms with Crippen molar-refractivity contribution in [3.63, 3.8) is 0 Å². The van der Waals surface area contributed by atoms with Gasteiger partial charge in [-0.25, -0.2) is 8.42 Å². The number of sulfonamides is 1. The van der Waals surface area contributed by atoms with Crippen LogP contribution in [0.1, 0.15) is 25.7 Å². The third kappa shape index (κ3) is 3.14. The molecule has 1 fully saturated rings. The molecule has 0 saturated heterocycles. The SMILES string of the molecule is O=S(=O)(Nc1ccc(Cl)c(Br)c1)C1CCCC1. The molecule has 17 heavy (non-hydrogen) atoms. The van der Waals surface area contributed by atoms with Gasteiger partial charge >= 0.3 is 0 Å². The van der Waals surface area contributed by atoms with Gasteiger partial charge in [0.25, 0.3) is 0 Å². The van der Waals surface area contributed by atoms with Crippen molar-refractivity contribution >= 4 is 43.2 Å². The Morgan fingerprint density at radius 2 is 1.94 bits per heavy atom. The monoisotopic (exact) mass is 337 g/mol. The number of benzene rings is 1. The Morgan fingerprint density at radius 3 is 2.53 bits per heavy atom. The second-order valence-electron chi connectivity index (χ2n) is 4.18. The predicted octanol–water partition coefficient (Wildman–Crippen LogP) is 3.79. The molecule has 0 radical (unpaired) electrons. The highest BCUT2D eigenvalue weighted by Crippen LogP contribution is 2.29. The Kier molecular flexibility index (Phi) is 4.00. The first kappa shape index (κ1) is 13.2. The zero-order valence-corrected chi connectivity index (χ0v) is 12.3. The van der Waals surface area contributed by atoms with E-state index in [4.69, 9.17) is 11.6 Å². The van der Waals surface area contributed by atoms with Gasteiger partial charge in [0.1, 0.15) is 0 Å². The fraction of sp³-hybridized carbons (Fsp3) is 0.455. The molecule has 1 aromatic rings. The number of hydrogen-bond donors (Lipinski definition) is 1. The van der Waals surface area contributed by atoms with Crippen LogP contribution in [0.3, 0.4) is 0 Å². The van der Waals surface area contributed by atoms with Crippen molar-refractivity contribution in [2.45, 2.75) is 30.9 Å². The zero-order valence-electron chi connectivity index (χ0n) is 9.12. The average Bonchev–Trinajstić information content (AvgIpc) is 2.77. The number of anilines is 1. The van der Waals surface area contributed by atoms with Crippen LogP contribution in [0, 0.1) is 0 Å². The second-order valence-corrected chi connectivity index (χ2v) is 7.40. The molecule has 3 nitrogen and oxygen atoms in total. The fourth-order valence-corrected chi connectivity index (χ4v) is 4.08. The normalized spacial score (nSPS) is 17.3. The second kappa shape index (κ2) is 5.16. The van der Waals surface area contributed by atoms with Crippen LogP contribution in [0.2, 0.25) is 5.02 Å². The Balaban J connectivity index is 2.17. The Morgan fingerprint density at radius 1 is 1.29 bits per heavy atom. The molecular formula is C11H13BrClNO2S. The third-order valence-corrected chi connectivity index (χ3v) is 6.00. The number of nitrogens with one attached hydrogen (secondary N) is 1. The highest BCUT2D eigenvalue weighted by atomic mass is 79.9. The Labute approximate surface area is 115 Å². The lowest BCUT2D eigenvalue weighted by Crippen LogP contribution is -2.25. The molecule has 94 valence electrons. The van der Waals surface area contributed by atoms with E-state index in [0.717, 1.165) is 25.7 Å². The largest absolute Gasteiger partial charge is 0.283 e. The van der Waals surface area contributed by atoms with Gasteiger partial charge in [0.05, 0.1) is 10.3 Å². The van der Waals surface area contributed by atoms with Crippen LogP contribution < -0.4 is 4.72 Å². The summed E-state index contributed by atoms with van der Waals surface area (Å²) in [5.41, 5.74) is 0.549. The molecule has 0 aliphatic heterocycles. The molecule has 0 atom stereocenters. The molecule has 1 aliphatic rings. The molecule has 0 amide bonds. The van der Waals surface area contributed by atoms with Crippen molar-refractivity contribution in [3.8, 4) is 0 Å². The van der Waals surface area contributed by atoms with Gasteiger partial charge in [-0.05, 0) is 47.0 Å². The summed E-state index contributed by atoms with van der Waals surface area (Å²) in [7, 11) is -3.26. The number of hydrogen-bond acceptors (Lipinski definition) is 2. The first-order valence-corrected chi connectivity index (χ1v) is 8.17. The molecule has 1 N–H and O–H groups in total. The molecule has 1 aliphatic carbocycles. The number of halogens is 2. The molecular weight excluding hydrogens is 326 g/mol. The van der Waals surface area contributed by atoms with E-state index in [9.17, 15) is 8.42 Å². The van der Waals surface area contributed by atoms with Crippen LogP contribution in [0.5, 0.6) is 0 Å². The smallest absolute Gasteiger partial charge is 0.235 e. The van der Waals surface area contributed by atoms with Crippen LogP contribution in [0.25, 0.3) is 0 Å². The van der Waals surface area contributed by atoms with E-state index in [-0.39, 0.29) is 5.25 Å². The van der Waals surface area contributed by atoms with Crippen LogP contribution in [-0.2, 0) is 10.0 Å². The summed E-state index contributed by atoms with van der Waals surface area (Å²) in [5, 5.41) is 0.311. The molecule has 0 spiro atoms. The standard InChI is InChI=1S/C11H13BrClNO2S/c12-10-7-8(5-6-11(10)13)14-17(15,16)9-3-1-2-4-9/h5-7,9,14H,1-4H2. The average molecular weight is 339 g/mol. The maximum Gasteiger partial charge on any atom is 0.235 e.